The molecule has 2 saturated carbocycles. The molecule has 1 aromatic carbocycles. The number of hydrogen-bond donors (Lipinski definition) is 4. The minimum absolute atomic E-state index is 0.0468. The smallest absolute Gasteiger partial charge is 0.321 e. The molecule has 3 fully saturated rings. The molecule has 0 atom stereocenters. The zero-order valence-corrected chi connectivity index (χ0v) is 18.0. The van der Waals surface area contributed by atoms with Crippen molar-refractivity contribution in [2.24, 2.45) is 5.92 Å². The molecule has 1 aliphatic heterocycles. The molecule has 8 nitrogen and oxygen atoms in total. The predicted octanol–water partition coefficient (Wildman–Crippen LogP) is 3.66. The van der Waals surface area contributed by atoms with Crippen LogP contribution in [0.1, 0.15) is 57.8 Å². The van der Waals surface area contributed by atoms with Gasteiger partial charge >= 0.3 is 12.1 Å². The molecule has 0 aromatic heterocycles. The Morgan fingerprint density at radius 1 is 0.774 bits per heavy atom. The summed E-state index contributed by atoms with van der Waals surface area (Å²) in [5, 5.41) is 12.0. The van der Waals surface area contributed by atoms with E-state index < -0.39 is 0 Å². The number of carbonyl (C=O) groups excluding carboxylic acids is 3. The van der Waals surface area contributed by atoms with Crippen LogP contribution in [0, 0.1) is 5.92 Å². The average Bonchev–Trinajstić information content (AvgIpc) is 3.61. The summed E-state index contributed by atoms with van der Waals surface area (Å²) in [7, 11) is 0. The monoisotopic (exact) mass is 427 g/mol. The number of rotatable bonds is 5. The molecule has 0 bridgehead atoms. The van der Waals surface area contributed by atoms with Gasteiger partial charge in [-0.05, 0) is 56.7 Å². The highest BCUT2D eigenvalue weighted by molar-refractivity contribution is 5.95. The third-order valence-electron chi connectivity index (χ3n) is 6.39. The maximum Gasteiger partial charge on any atom is 0.321 e. The van der Waals surface area contributed by atoms with E-state index in [0.29, 0.717) is 30.5 Å². The summed E-state index contributed by atoms with van der Waals surface area (Å²) in [5.41, 5.74) is 1.35. The molecule has 8 heteroatoms. The van der Waals surface area contributed by atoms with Gasteiger partial charge in [0.2, 0.25) is 5.91 Å². The zero-order chi connectivity index (χ0) is 21.6. The molecule has 0 spiro atoms. The Hall–Kier alpha value is -2.77. The van der Waals surface area contributed by atoms with Gasteiger partial charge in [-0.15, -0.1) is 0 Å². The maximum absolute atomic E-state index is 12.6. The van der Waals surface area contributed by atoms with Gasteiger partial charge in [-0.1, -0.05) is 25.3 Å². The summed E-state index contributed by atoms with van der Waals surface area (Å²) in [4.78, 5) is 38.6. The number of piperidine rings is 1. The Bertz CT molecular complexity index is 796. The molecule has 168 valence electrons. The number of hydrogen-bond acceptors (Lipinski definition) is 3. The van der Waals surface area contributed by atoms with Crippen LogP contribution in [0.15, 0.2) is 24.3 Å². The standard InChI is InChI=1S/C23H33N5O3/c29-21(16-9-10-16)24-19-7-4-8-20(15-19)27-23(31)28-13-11-18(12-14-28)26-22(30)25-17-5-2-1-3-6-17/h4,7-8,15-18H,1-3,5-6,9-14H2,(H,24,29)(H,27,31)(H2,25,26,30). The van der Waals surface area contributed by atoms with Crippen molar-refractivity contribution in [2.75, 3.05) is 23.7 Å². The van der Waals surface area contributed by atoms with Crippen molar-refractivity contribution in [3.63, 3.8) is 0 Å². The van der Waals surface area contributed by atoms with Crippen molar-refractivity contribution in [3.05, 3.63) is 24.3 Å². The first-order valence-electron chi connectivity index (χ1n) is 11.6. The summed E-state index contributed by atoms with van der Waals surface area (Å²) in [6.07, 6.45) is 9.16. The van der Waals surface area contributed by atoms with Gasteiger partial charge in [0.05, 0.1) is 0 Å². The van der Waals surface area contributed by atoms with E-state index >= 15 is 0 Å². The van der Waals surface area contributed by atoms with Crippen molar-refractivity contribution in [3.8, 4) is 0 Å². The Morgan fingerprint density at radius 2 is 1.39 bits per heavy atom. The zero-order valence-electron chi connectivity index (χ0n) is 18.0. The van der Waals surface area contributed by atoms with E-state index in [9.17, 15) is 14.4 Å². The van der Waals surface area contributed by atoms with Gasteiger partial charge in [0.1, 0.15) is 0 Å². The second-order valence-electron chi connectivity index (χ2n) is 8.99. The van der Waals surface area contributed by atoms with E-state index in [2.05, 4.69) is 21.3 Å². The van der Waals surface area contributed by atoms with Crippen LogP contribution in [0.5, 0.6) is 0 Å². The van der Waals surface area contributed by atoms with Crippen molar-refractivity contribution in [2.45, 2.75) is 69.9 Å². The summed E-state index contributed by atoms with van der Waals surface area (Å²) >= 11 is 0. The highest BCUT2D eigenvalue weighted by Gasteiger charge is 2.29. The molecule has 1 aromatic rings. The third-order valence-corrected chi connectivity index (χ3v) is 6.39. The molecule has 1 heterocycles. The van der Waals surface area contributed by atoms with Crippen LogP contribution in [0.25, 0.3) is 0 Å². The quantitative estimate of drug-likeness (QED) is 0.577. The number of benzene rings is 1. The number of likely N-dealkylation sites (tertiary alicyclic amines) is 1. The summed E-state index contributed by atoms with van der Waals surface area (Å²) in [6, 6.07) is 7.38. The van der Waals surface area contributed by atoms with E-state index in [-0.39, 0.29) is 29.9 Å². The Kier molecular flexibility index (Phi) is 6.94. The number of nitrogens with one attached hydrogen (secondary N) is 4. The summed E-state index contributed by atoms with van der Waals surface area (Å²) < 4.78 is 0. The second-order valence-corrected chi connectivity index (χ2v) is 8.99. The number of nitrogens with zero attached hydrogens (tertiary/aromatic N) is 1. The Labute approximate surface area is 183 Å². The number of amides is 5. The fourth-order valence-electron chi connectivity index (χ4n) is 4.35. The lowest BCUT2D eigenvalue weighted by molar-refractivity contribution is -0.117. The van der Waals surface area contributed by atoms with Crippen LogP contribution in [-0.4, -0.2) is 48.0 Å². The first-order chi connectivity index (χ1) is 15.1. The SMILES string of the molecule is O=C(NC1CCCCC1)NC1CCN(C(=O)Nc2cccc(NC(=O)C3CC3)c2)CC1. The molecule has 3 aliphatic rings. The molecule has 0 radical (unpaired) electrons. The minimum Gasteiger partial charge on any atom is -0.335 e. The van der Waals surface area contributed by atoms with Gasteiger partial charge in [0.25, 0.3) is 0 Å². The molecule has 31 heavy (non-hydrogen) atoms. The van der Waals surface area contributed by atoms with Crippen molar-refractivity contribution >= 4 is 29.3 Å². The normalized spacial score (nSPS) is 20.1. The first-order valence-corrected chi connectivity index (χ1v) is 11.6. The molecular weight excluding hydrogens is 394 g/mol. The third kappa shape index (κ3) is 6.35. The van der Waals surface area contributed by atoms with E-state index in [4.69, 9.17) is 0 Å². The molecule has 4 rings (SSSR count). The predicted molar refractivity (Wildman–Crippen MR) is 120 cm³/mol. The van der Waals surface area contributed by atoms with Crippen LogP contribution < -0.4 is 21.3 Å². The second kappa shape index (κ2) is 10.0. The molecule has 2 aliphatic carbocycles. The van der Waals surface area contributed by atoms with E-state index in [1.165, 1.54) is 19.3 Å². The van der Waals surface area contributed by atoms with Crippen LogP contribution >= 0.6 is 0 Å². The molecule has 5 amide bonds. The molecule has 1 saturated heterocycles. The fraction of sp³-hybridized carbons (Fsp3) is 0.609. The van der Waals surface area contributed by atoms with E-state index in [0.717, 1.165) is 38.5 Å². The van der Waals surface area contributed by atoms with Gasteiger partial charge in [0, 0.05) is 42.5 Å². The van der Waals surface area contributed by atoms with Crippen LogP contribution in [0.3, 0.4) is 0 Å². The number of urea groups is 2. The number of carbonyl (C=O) groups is 3. The minimum atomic E-state index is -0.157. The topological polar surface area (TPSA) is 103 Å². The highest BCUT2D eigenvalue weighted by Crippen LogP contribution is 2.30. The lowest BCUT2D eigenvalue weighted by atomic mass is 9.96. The Morgan fingerprint density at radius 3 is 2.03 bits per heavy atom. The van der Waals surface area contributed by atoms with Gasteiger partial charge in [-0.2, -0.15) is 0 Å². The van der Waals surface area contributed by atoms with Gasteiger partial charge in [-0.3, -0.25) is 4.79 Å². The van der Waals surface area contributed by atoms with Gasteiger partial charge in [-0.25, -0.2) is 9.59 Å². The van der Waals surface area contributed by atoms with Crippen molar-refractivity contribution in [1.82, 2.24) is 15.5 Å². The molecular formula is C23H33N5O3. The largest absolute Gasteiger partial charge is 0.335 e. The van der Waals surface area contributed by atoms with Gasteiger partial charge in [0.15, 0.2) is 0 Å². The highest BCUT2D eigenvalue weighted by atomic mass is 16.2. The maximum atomic E-state index is 12.6. The summed E-state index contributed by atoms with van der Waals surface area (Å²) in [5.74, 6) is 0.184. The van der Waals surface area contributed by atoms with Crippen LogP contribution in [0.4, 0.5) is 21.0 Å². The van der Waals surface area contributed by atoms with Crippen LogP contribution in [0.2, 0.25) is 0 Å². The van der Waals surface area contributed by atoms with Crippen molar-refractivity contribution in [1.29, 1.82) is 0 Å². The average molecular weight is 428 g/mol. The first kappa shape index (κ1) is 21.5. The van der Waals surface area contributed by atoms with E-state index in [1.807, 2.05) is 18.2 Å². The van der Waals surface area contributed by atoms with Crippen molar-refractivity contribution < 1.29 is 14.4 Å². The fourth-order valence-corrected chi connectivity index (χ4v) is 4.35. The van der Waals surface area contributed by atoms with Gasteiger partial charge < -0.3 is 26.2 Å². The molecule has 4 N–H and O–H groups in total. The van der Waals surface area contributed by atoms with Crippen LogP contribution in [-0.2, 0) is 4.79 Å². The lowest BCUT2D eigenvalue weighted by Crippen LogP contribution is -2.51. The molecule has 0 unspecified atom stereocenters. The van der Waals surface area contributed by atoms with E-state index in [1.54, 1.807) is 11.0 Å². The number of anilines is 2. The summed E-state index contributed by atoms with van der Waals surface area (Å²) in [6.45, 7) is 1.19. The lowest BCUT2D eigenvalue weighted by Gasteiger charge is -2.33. The Balaban J connectivity index is 1.19.